The molecule has 18 heavy (non-hydrogen) atoms. The Kier molecular flexibility index (Phi) is 4.24. The zero-order chi connectivity index (χ0) is 14.0. The van der Waals surface area contributed by atoms with E-state index in [-0.39, 0.29) is 0 Å². The van der Waals surface area contributed by atoms with Crippen molar-refractivity contribution < 1.29 is 35.3 Å². The minimum Gasteiger partial charge on any atom is -0.740 e. The van der Waals surface area contributed by atoms with Crippen LogP contribution in [0.3, 0.4) is 0 Å². The highest BCUT2D eigenvalue weighted by atomic mass is 32.2. The molecule has 0 aliphatic heterocycles. The number of carbonyl (C=O) groups is 1. The van der Waals surface area contributed by atoms with Gasteiger partial charge in [-0.15, -0.1) is 0 Å². The Bertz CT molecular complexity index is 490. The van der Waals surface area contributed by atoms with Crippen molar-refractivity contribution in [2.24, 2.45) is 0 Å². The smallest absolute Gasteiger partial charge is 0.221 e. The van der Waals surface area contributed by atoms with Crippen molar-refractivity contribution in [1.82, 2.24) is 0 Å². The Labute approximate surface area is 100 Å². The first-order chi connectivity index (χ1) is 8.25. The SMILES string of the molecule is CC(=O)Nc1c(F)c(F)c(F)c(F)c1OS(=O)[O-]. The van der Waals surface area contributed by atoms with Crippen molar-refractivity contribution in [2.45, 2.75) is 6.92 Å². The maximum atomic E-state index is 13.2. The van der Waals surface area contributed by atoms with Crippen LogP contribution >= 0.6 is 0 Å². The molecule has 0 radical (unpaired) electrons. The molecule has 0 fully saturated rings. The molecule has 1 atom stereocenters. The van der Waals surface area contributed by atoms with Crippen molar-refractivity contribution in [3.8, 4) is 5.75 Å². The van der Waals surface area contributed by atoms with Gasteiger partial charge in [-0.25, -0.2) is 17.4 Å². The number of halogens is 4. The minimum absolute atomic E-state index is 0.858. The van der Waals surface area contributed by atoms with Crippen LogP contribution in [-0.4, -0.2) is 14.7 Å². The fourth-order valence-corrected chi connectivity index (χ4v) is 1.34. The predicted octanol–water partition coefficient (Wildman–Crippen LogP) is 1.37. The fraction of sp³-hybridized carbons (Fsp3) is 0.125. The van der Waals surface area contributed by atoms with E-state index < -0.39 is 52.0 Å². The predicted molar refractivity (Wildman–Crippen MR) is 50.1 cm³/mol. The van der Waals surface area contributed by atoms with Crippen molar-refractivity contribution in [3.63, 3.8) is 0 Å². The third-order valence-electron chi connectivity index (χ3n) is 1.68. The van der Waals surface area contributed by atoms with Gasteiger partial charge in [0.2, 0.25) is 23.3 Å². The zero-order valence-electron chi connectivity index (χ0n) is 8.55. The molecule has 0 spiro atoms. The van der Waals surface area contributed by atoms with Crippen LogP contribution in [0.4, 0.5) is 23.2 Å². The van der Waals surface area contributed by atoms with Gasteiger partial charge in [0.25, 0.3) is 0 Å². The molecule has 0 aliphatic rings. The molecule has 0 saturated heterocycles. The van der Waals surface area contributed by atoms with Crippen LogP contribution in [0.5, 0.6) is 5.75 Å². The van der Waals surface area contributed by atoms with E-state index in [1.807, 2.05) is 0 Å². The van der Waals surface area contributed by atoms with Crippen LogP contribution in [-0.2, 0) is 16.2 Å². The molecule has 10 heteroatoms. The van der Waals surface area contributed by atoms with E-state index in [0.717, 1.165) is 6.92 Å². The number of nitrogens with one attached hydrogen (secondary N) is 1. The van der Waals surface area contributed by atoms with Crippen molar-refractivity contribution in [3.05, 3.63) is 23.3 Å². The maximum Gasteiger partial charge on any atom is 0.221 e. The quantitative estimate of drug-likeness (QED) is 0.394. The largest absolute Gasteiger partial charge is 0.740 e. The third kappa shape index (κ3) is 2.76. The molecule has 1 aromatic carbocycles. The van der Waals surface area contributed by atoms with E-state index in [0.29, 0.717) is 0 Å². The summed E-state index contributed by atoms with van der Waals surface area (Å²) in [6, 6.07) is 0. The van der Waals surface area contributed by atoms with E-state index in [2.05, 4.69) is 4.18 Å². The van der Waals surface area contributed by atoms with Gasteiger partial charge in [0.15, 0.2) is 11.6 Å². The first-order valence-corrected chi connectivity index (χ1v) is 5.16. The highest BCUT2D eigenvalue weighted by Crippen LogP contribution is 2.35. The standard InChI is InChI=1S/C8H5F4NO4S/c1-2(14)13-7-5(11)3(9)4(10)6(12)8(7)17-18(15)16/h1H3,(H,13,14)(H,15,16)/p-1. The molecule has 1 N–H and O–H groups in total. The number of amides is 1. The second-order valence-electron chi connectivity index (χ2n) is 2.93. The summed E-state index contributed by atoms with van der Waals surface area (Å²) in [6.45, 7) is 0.858. The summed E-state index contributed by atoms with van der Waals surface area (Å²) in [7, 11) is 0. The van der Waals surface area contributed by atoms with Gasteiger partial charge in [0.05, 0.1) is 0 Å². The normalized spacial score (nSPS) is 12.1. The molecule has 0 saturated carbocycles. The van der Waals surface area contributed by atoms with Crippen molar-refractivity contribution in [1.29, 1.82) is 0 Å². The van der Waals surface area contributed by atoms with Gasteiger partial charge in [-0.3, -0.25) is 4.79 Å². The highest BCUT2D eigenvalue weighted by molar-refractivity contribution is 7.74. The topological polar surface area (TPSA) is 78.5 Å². The zero-order valence-corrected chi connectivity index (χ0v) is 9.37. The summed E-state index contributed by atoms with van der Waals surface area (Å²) in [5, 5.41) is 1.60. The Hall–Kier alpha value is -1.68. The van der Waals surface area contributed by atoms with Crippen LogP contribution in [0.1, 0.15) is 6.92 Å². The highest BCUT2D eigenvalue weighted by Gasteiger charge is 2.27. The van der Waals surface area contributed by atoms with Crippen LogP contribution in [0.15, 0.2) is 0 Å². The van der Waals surface area contributed by atoms with Crippen molar-refractivity contribution >= 4 is 23.0 Å². The van der Waals surface area contributed by atoms with Gasteiger partial charge in [-0.05, 0) is 0 Å². The molecule has 1 aromatic rings. The summed E-state index contributed by atoms with van der Waals surface area (Å²) >= 11 is -3.37. The fourth-order valence-electron chi connectivity index (χ4n) is 1.05. The van der Waals surface area contributed by atoms with Crippen LogP contribution in [0.2, 0.25) is 0 Å². The Balaban J connectivity index is 3.52. The molecule has 1 amide bonds. The van der Waals surface area contributed by atoms with Crippen LogP contribution < -0.4 is 9.50 Å². The lowest BCUT2D eigenvalue weighted by Crippen LogP contribution is -2.14. The Morgan fingerprint density at radius 1 is 1.17 bits per heavy atom. The lowest BCUT2D eigenvalue weighted by Gasteiger charge is -2.14. The first-order valence-electron chi connectivity index (χ1n) is 4.16. The molecule has 5 nitrogen and oxygen atoms in total. The van der Waals surface area contributed by atoms with E-state index in [1.54, 1.807) is 5.32 Å². The summed E-state index contributed by atoms with van der Waals surface area (Å²) in [5.74, 6) is -11.0. The molecular formula is C8H4F4NO4S-. The second kappa shape index (κ2) is 5.31. The number of anilines is 1. The van der Waals surface area contributed by atoms with Gasteiger partial charge in [-0.2, -0.15) is 4.39 Å². The van der Waals surface area contributed by atoms with E-state index in [4.69, 9.17) is 0 Å². The average molecular weight is 286 g/mol. The molecule has 0 bridgehead atoms. The molecular weight excluding hydrogens is 282 g/mol. The number of hydrogen-bond acceptors (Lipinski definition) is 4. The molecule has 1 rings (SSSR count). The van der Waals surface area contributed by atoms with Crippen LogP contribution in [0.25, 0.3) is 0 Å². The number of benzene rings is 1. The van der Waals surface area contributed by atoms with Crippen LogP contribution in [0, 0.1) is 23.3 Å². The lowest BCUT2D eigenvalue weighted by molar-refractivity contribution is -0.114. The van der Waals surface area contributed by atoms with E-state index >= 15 is 0 Å². The number of rotatable bonds is 3. The second-order valence-corrected chi connectivity index (χ2v) is 3.50. The third-order valence-corrected chi connectivity index (χ3v) is 1.98. The number of hydrogen-bond donors (Lipinski definition) is 1. The van der Waals surface area contributed by atoms with Gasteiger partial charge in [0, 0.05) is 6.92 Å². The van der Waals surface area contributed by atoms with Gasteiger partial charge in [-0.1, -0.05) is 0 Å². The van der Waals surface area contributed by atoms with Gasteiger partial charge in [0.1, 0.15) is 17.0 Å². The minimum atomic E-state index is -3.37. The average Bonchev–Trinajstić information content (AvgIpc) is 2.27. The first kappa shape index (κ1) is 14.4. The molecule has 0 aromatic heterocycles. The molecule has 0 heterocycles. The molecule has 0 aliphatic carbocycles. The van der Waals surface area contributed by atoms with Crippen molar-refractivity contribution in [2.75, 3.05) is 5.32 Å². The molecule has 100 valence electrons. The summed E-state index contributed by atoms with van der Waals surface area (Å²) in [4.78, 5) is 10.7. The van der Waals surface area contributed by atoms with Gasteiger partial charge < -0.3 is 14.1 Å². The monoisotopic (exact) mass is 286 g/mol. The van der Waals surface area contributed by atoms with Gasteiger partial charge >= 0.3 is 0 Å². The summed E-state index contributed by atoms with van der Waals surface area (Å²) in [6.07, 6.45) is 0. The Morgan fingerprint density at radius 3 is 2.11 bits per heavy atom. The Morgan fingerprint density at radius 2 is 1.67 bits per heavy atom. The number of carbonyl (C=O) groups excluding carboxylic acids is 1. The molecule has 1 unspecified atom stereocenters. The van der Waals surface area contributed by atoms with E-state index in [9.17, 15) is 31.1 Å². The summed E-state index contributed by atoms with van der Waals surface area (Å²) < 4.78 is 76.4. The maximum absolute atomic E-state index is 13.2. The lowest BCUT2D eigenvalue weighted by atomic mass is 10.2. The van der Waals surface area contributed by atoms with E-state index in [1.165, 1.54) is 0 Å². The summed E-state index contributed by atoms with van der Waals surface area (Å²) in [5.41, 5.74) is -1.25.